The summed E-state index contributed by atoms with van der Waals surface area (Å²) in [6.45, 7) is 1.92. The maximum Gasteiger partial charge on any atom is 0.251 e. The Morgan fingerprint density at radius 1 is 1.12 bits per heavy atom. The van der Waals surface area contributed by atoms with Crippen LogP contribution in [0, 0.1) is 18.7 Å². The minimum absolute atomic E-state index is 0.0347. The number of hydrogen-bond acceptors (Lipinski definition) is 5. The Balaban J connectivity index is 1.68. The zero-order valence-electron chi connectivity index (χ0n) is 18.0. The van der Waals surface area contributed by atoms with Crippen molar-refractivity contribution in [3.05, 3.63) is 89.6 Å². The molecule has 1 aliphatic rings. The standard InChI is InChI=1S/C25H23FN2O4S/c1-16-7-12-21(32-16)23(24(30)27-14-17-8-10-19(26)11-9-17)28(20-5-3-2-4-6-20)25(31)18-13-22(29)33-15-18/h2-12,18,23H,13-15H2,1H3,(H,27,30)/t18-,23+/m0/s1. The average molecular weight is 467 g/mol. The zero-order chi connectivity index (χ0) is 23.4. The molecule has 3 aromatic rings. The Bertz CT molecular complexity index is 1150. The molecule has 8 heteroatoms. The molecule has 2 aromatic carbocycles. The highest BCUT2D eigenvalue weighted by atomic mass is 32.2. The van der Waals surface area contributed by atoms with Crippen LogP contribution in [0.5, 0.6) is 0 Å². The molecule has 0 aliphatic carbocycles. The van der Waals surface area contributed by atoms with Crippen LogP contribution in [-0.4, -0.2) is 22.7 Å². The largest absolute Gasteiger partial charge is 0.464 e. The molecule has 1 aromatic heterocycles. The number of hydrogen-bond donors (Lipinski definition) is 1. The molecule has 0 bridgehead atoms. The summed E-state index contributed by atoms with van der Waals surface area (Å²) in [5, 5.41) is 2.81. The lowest BCUT2D eigenvalue weighted by atomic mass is 10.0. The van der Waals surface area contributed by atoms with Gasteiger partial charge in [-0.2, -0.15) is 0 Å². The van der Waals surface area contributed by atoms with Gasteiger partial charge >= 0.3 is 0 Å². The van der Waals surface area contributed by atoms with Crippen molar-refractivity contribution in [1.29, 1.82) is 0 Å². The molecule has 1 aliphatic heterocycles. The minimum atomic E-state index is -1.07. The fraction of sp³-hybridized carbons (Fsp3) is 0.240. The molecule has 1 N–H and O–H groups in total. The maximum atomic E-state index is 13.6. The van der Waals surface area contributed by atoms with Crippen molar-refractivity contribution in [1.82, 2.24) is 5.32 Å². The first-order valence-electron chi connectivity index (χ1n) is 10.5. The molecule has 2 amide bonds. The van der Waals surface area contributed by atoms with Crippen LogP contribution in [0.15, 0.2) is 71.1 Å². The van der Waals surface area contributed by atoms with Gasteiger partial charge in [0, 0.05) is 24.4 Å². The van der Waals surface area contributed by atoms with E-state index in [-0.39, 0.29) is 29.8 Å². The van der Waals surface area contributed by atoms with Gasteiger partial charge in [0.2, 0.25) is 5.91 Å². The summed E-state index contributed by atoms with van der Waals surface area (Å²) in [6.07, 6.45) is 0.133. The first kappa shape index (κ1) is 22.8. The normalized spacial score (nSPS) is 16.4. The summed E-state index contributed by atoms with van der Waals surface area (Å²) in [6, 6.07) is 17.0. The number of benzene rings is 2. The number of anilines is 1. The number of nitrogens with one attached hydrogen (secondary N) is 1. The molecular weight excluding hydrogens is 443 g/mol. The highest BCUT2D eigenvalue weighted by Gasteiger charge is 2.40. The first-order valence-corrected chi connectivity index (χ1v) is 11.5. The second-order valence-electron chi connectivity index (χ2n) is 7.82. The lowest BCUT2D eigenvalue weighted by Crippen LogP contribution is -2.46. The molecule has 6 nitrogen and oxygen atoms in total. The van der Waals surface area contributed by atoms with Crippen LogP contribution in [0.25, 0.3) is 0 Å². The number of carbonyl (C=O) groups excluding carboxylic acids is 3. The van der Waals surface area contributed by atoms with Crippen molar-refractivity contribution >= 4 is 34.4 Å². The third-order valence-electron chi connectivity index (χ3n) is 5.40. The molecule has 2 heterocycles. The summed E-state index contributed by atoms with van der Waals surface area (Å²) in [5.41, 5.74) is 1.25. The van der Waals surface area contributed by atoms with E-state index in [0.717, 1.165) is 17.3 Å². The quantitative estimate of drug-likeness (QED) is 0.558. The Hall–Kier alpha value is -3.39. The molecule has 1 fully saturated rings. The molecular formula is C25H23FN2O4S. The van der Waals surface area contributed by atoms with E-state index < -0.39 is 17.9 Å². The van der Waals surface area contributed by atoms with Gasteiger partial charge in [-0.1, -0.05) is 42.1 Å². The minimum Gasteiger partial charge on any atom is -0.464 e. The number of amides is 2. The van der Waals surface area contributed by atoms with E-state index in [1.165, 1.54) is 17.0 Å². The van der Waals surface area contributed by atoms with E-state index in [1.54, 1.807) is 55.5 Å². The third-order valence-corrected chi connectivity index (χ3v) is 6.45. The van der Waals surface area contributed by atoms with Crippen molar-refractivity contribution in [3.8, 4) is 0 Å². The number of thioether (sulfide) groups is 1. The van der Waals surface area contributed by atoms with Gasteiger partial charge < -0.3 is 9.73 Å². The van der Waals surface area contributed by atoms with Crippen LogP contribution in [-0.2, 0) is 20.9 Å². The predicted molar refractivity (Wildman–Crippen MR) is 124 cm³/mol. The number of nitrogens with zero attached hydrogens (tertiary/aromatic N) is 1. The predicted octanol–water partition coefficient (Wildman–Crippen LogP) is 4.40. The molecule has 0 radical (unpaired) electrons. The van der Waals surface area contributed by atoms with Gasteiger partial charge in [0.05, 0.1) is 5.92 Å². The van der Waals surface area contributed by atoms with Gasteiger partial charge in [-0.25, -0.2) is 4.39 Å². The fourth-order valence-electron chi connectivity index (χ4n) is 3.72. The monoisotopic (exact) mass is 466 g/mol. The maximum absolute atomic E-state index is 13.6. The van der Waals surface area contributed by atoms with Crippen LogP contribution in [0.4, 0.5) is 10.1 Å². The summed E-state index contributed by atoms with van der Waals surface area (Å²) in [5.74, 6) is -0.336. The second kappa shape index (κ2) is 10.0. The van der Waals surface area contributed by atoms with Crippen molar-refractivity contribution in [3.63, 3.8) is 0 Å². The highest BCUT2D eigenvalue weighted by Crippen LogP contribution is 2.34. The molecule has 0 saturated carbocycles. The van der Waals surface area contributed by atoms with Crippen LogP contribution < -0.4 is 10.2 Å². The van der Waals surface area contributed by atoms with Crippen LogP contribution >= 0.6 is 11.8 Å². The molecule has 33 heavy (non-hydrogen) atoms. The van der Waals surface area contributed by atoms with Crippen LogP contribution in [0.1, 0.15) is 29.5 Å². The molecule has 0 spiro atoms. The Kier molecular flexibility index (Phi) is 6.93. The average Bonchev–Trinajstić information content (AvgIpc) is 3.45. The van der Waals surface area contributed by atoms with Gasteiger partial charge in [0.1, 0.15) is 17.3 Å². The summed E-state index contributed by atoms with van der Waals surface area (Å²) < 4.78 is 19.0. The van der Waals surface area contributed by atoms with E-state index in [0.29, 0.717) is 23.0 Å². The van der Waals surface area contributed by atoms with E-state index in [4.69, 9.17) is 4.42 Å². The first-order chi connectivity index (χ1) is 15.9. The molecule has 2 atom stereocenters. The van der Waals surface area contributed by atoms with Crippen molar-refractivity contribution in [2.45, 2.75) is 25.9 Å². The Morgan fingerprint density at radius 2 is 1.85 bits per heavy atom. The zero-order valence-corrected chi connectivity index (χ0v) is 18.8. The lowest BCUT2D eigenvalue weighted by Gasteiger charge is -2.31. The van der Waals surface area contributed by atoms with Crippen molar-refractivity contribution in [2.24, 2.45) is 5.92 Å². The Labute approximate surface area is 195 Å². The number of rotatable bonds is 7. The van der Waals surface area contributed by atoms with Crippen molar-refractivity contribution < 1.29 is 23.2 Å². The summed E-state index contributed by atoms with van der Waals surface area (Å²) >= 11 is 1.13. The highest BCUT2D eigenvalue weighted by molar-refractivity contribution is 8.14. The van der Waals surface area contributed by atoms with E-state index in [2.05, 4.69) is 5.32 Å². The molecule has 4 rings (SSSR count). The lowest BCUT2D eigenvalue weighted by molar-refractivity contribution is -0.129. The number of halogens is 1. The summed E-state index contributed by atoms with van der Waals surface area (Å²) in [7, 11) is 0. The molecule has 0 unspecified atom stereocenters. The van der Waals surface area contributed by atoms with Crippen LogP contribution in [0.3, 0.4) is 0 Å². The SMILES string of the molecule is Cc1ccc([C@H](C(=O)NCc2ccc(F)cc2)N(C(=O)[C@@H]2CSC(=O)C2)c2ccccc2)o1. The van der Waals surface area contributed by atoms with Crippen LogP contribution in [0.2, 0.25) is 0 Å². The number of para-hydroxylation sites is 1. The van der Waals surface area contributed by atoms with Gasteiger partial charge in [0.25, 0.3) is 5.91 Å². The number of furan rings is 1. The van der Waals surface area contributed by atoms with Gasteiger partial charge in [-0.3, -0.25) is 19.3 Å². The smallest absolute Gasteiger partial charge is 0.251 e. The van der Waals surface area contributed by atoms with Gasteiger partial charge in [-0.15, -0.1) is 0 Å². The van der Waals surface area contributed by atoms with E-state index in [9.17, 15) is 18.8 Å². The number of carbonyl (C=O) groups is 3. The van der Waals surface area contributed by atoms with Gasteiger partial charge in [0.15, 0.2) is 11.2 Å². The Morgan fingerprint density at radius 3 is 2.45 bits per heavy atom. The molecule has 1 saturated heterocycles. The second-order valence-corrected chi connectivity index (χ2v) is 8.90. The topological polar surface area (TPSA) is 79.6 Å². The van der Waals surface area contributed by atoms with Crippen molar-refractivity contribution in [2.75, 3.05) is 10.7 Å². The summed E-state index contributed by atoms with van der Waals surface area (Å²) in [4.78, 5) is 40.4. The van der Waals surface area contributed by atoms with E-state index in [1.807, 2.05) is 6.07 Å². The number of aryl methyl sites for hydroxylation is 1. The third kappa shape index (κ3) is 5.34. The fourth-order valence-corrected chi connectivity index (χ4v) is 4.69. The van der Waals surface area contributed by atoms with E-state index >= 15 is 0 Å². The molecule has 170 valence electrons. The van der Waals surface area contributed by atoms with Gasteiger partial charge in [-0.05, 0) is 48.9 Å².